The van der Waals surface area contributed by atoms with Crippen LogP contribution >= 0.6 is 0 Å². The second-order valence-corrected chi connectivity index (χ2v) is 7.28. The van der Waals surface area contributed by atoms with Gasteiger partial charge in [-0.05, 0) is 30.1 Å². The highest BCUT2D eigenvalue weighted by Gasteiger charge is 2.35. The van der Waals surface area contributed by atoms with Crippen molar-refractivity contribution in [2.45, 2.75) is 78.8 Å². The van der Waals surface area contributed by atoms with Gasteiger partial charge in [0, 0.05) is 6.04 Å². The molecule has 1 amide bonds. The van der Waals surface area contributed by atoms with Crippen LogP contribution in [-0.2, 0) is 4.79 Å². The summed E-state index contributed by atoms with van der Waals surface area (Å²) in [5.74, 6) is 0.849. The van der Waals surface area contributed by atoms with Crippen LogP contribution in [0.5, 0.6) is 0 Å². The van der Waals surface area contributed by atoms with E-state index in [1.54, 1.807) is 0 Å². The Morgan fingerprint density at radius 1 is 1.32 bits per heavy atom. The van der Waals surface area contributed by atoms with Crippen LogP contribution in [0.1, 0.15) is 66.7 Å². The summed E-state index contributed by atoms with van der Waals surface area (Å²) in [5, 5.41) is 3.23. The fourth-order valence-electron chi connectivity index (χ4n) is 3.13. The Morgan fingerprint density at radius 2 is 1.89 bits per heavy atom. The highest BCUT2D eigenvalue weighted by molar-refractivity contribution is 5.82. The van der Waals surface area contributed by atoms with Crippen molar-refractivity contribution in [3.63, 3.8) is 0 Å². The van der Waals surface area contributed by atoms with Gasteiger partial charge in [-0.3, -0.25) is 4.79 Å². The summed E-state index contributed by atoms with van der Waals surface area (Å²) in [5.41, 5.74) is 6.28. The number of nitrogens with one attached hydrogen (secondary N) is 1. The van der Waals surface area contributed by atoms with Crippen LogP contribution in [0.2, 0.25) is 0 Å². The molecule has 1 saturated carbocycles. The van der Waals surface area contributed by atoms with Gasteiger partial charge in [0.05, 0.1) is 6.04 Å². The Labute approximate surface area is 118 Å². The van der Waals surface area contributed by atoms with Crippen LogP contribution in [-0.4, -0.2) is 18.0 Å². The normalized spacial score (nSPS) is 27.7. The van der Waals surface area contributed by atoms with Gasteiger partial charge in [-0.15, -0.1) is 0 Å². The first-order valence-corrected chi connectivity index (χ1v) is 7.83. The van der Waals surface area contributed by atoms with E-state index in [2.05, 4.69) is 33.0 Å². The average Bonchev–Trinajstić information content (AvgIpc) is 2.36. The molecule has 0 aromatic carbocycles. The minimum absolute atomic E-state index is 0.0375. The van der Waals surface area contributed by atoms with Gasteiger partial charge in [0.2, 0.25) is 5.91 Å². The first-order chi connectivity index (χ1) is 8.77. The van der Waals surface area contributed by atoms with Gasteiger partial charge in [-0.1, -0.05) is 53.9 Å². The summed E-state index contributed by atoms with van der Waals surface area (Å²) >= 11 is 0. The minimum atomic E-state index is -0.368. The van der Waals surface area contributed by atoms with Gasteiger partial charge in [0.25, 0.3) is 0 Å². The summed E-state index contributed by atoms with van der Waals surface area (Å²) in [4.78, 5) is 12.2. The van der Waals surface area contributed by atoms with Crippen molar-refractivity contribution in [1.82, 2.24) is 5.32 Å². The third-order valence-electron chi connectivity index (χ3n) is 4.77. The van der Waals surface area contributed by atoms with E-state index in [1.807, 2.05) is 6.92 Å². The molecular formula is C16H32N2O. The molecule has 0 saturated heterocycles. The number of nitrogens with two attached hydrogens (primary N) is 1. The van der Waals surface area contributed by atoms with E-state index in [1.165, 1.54) is 19.3 Å². The molecular weight excluding hydrogens is 236 g/mol. The van der Waals surface area contributed by atoms with Gasteiger partial charge in [0.1, 0.15) is 0 Å². The molecule has 1 aliphatic rings. The van der Waals surface area contributed by atoms with Crippen LogP contribution in [0.25, 0.3) is 0 Å². The van der Waals surface area contributed by atoms with Gasteiger partial charge >= 0.3 is 0 Å². The average molecular weight is 268 g/mol. The molecule has 1 rings (SSSR count). The quantitative estimate of drug-likeness (QED) is 0.823. The highest BCUT2D eigenvalue weighted by Crippen LogP contribution is 2.38. The monoisotopic (exact) mass is 268 g/mol. The van der Waals surface area contributed by atoms with Gasteiger partial charge in [-0.25, -0.2) is 0 Å². The lowest BCUT2D eigenvalue weighted by atomic mass is 9.69. The van der Waals surface area contributed by atoms with Gasteiger partial charge < -0.3 is 11.1 Å². The predicted octanol–water partition coefficient (Wildman–Crippen LogP) is 3.08. The SMILES string of the molecule is CC[C@H](C)[C@H](N)C(=O)NC1CCCCC1C(C)(C)C. The van der Waals surface area contributed by atoms with Gasteiger partial charge in [0.15, 0.2) is 0 Å². The molecule has 3 N–H and O–H groups in total. The maximum atomic E-state index is 12.2. The maximum Gasteiger partial charge on any atom is 0.237 e. The fraction of sp³-hybridized carbons (Fsp3) is 0.938. The molecule has 0 spiro atoms. The lowest BCUT2D eigenvalue weighted by Crippen LogP contribution is -2.53. The van der Waals surface area contributed by atoms with Crippen LogP contribution in [0, 0.1) is 17.3 Å². The van der Waals surface area contributed by atoms with E-state index in [0.717, 1.165) is 12.8 Å². The Bertz CT molecular complexity index is 296. The van der Waals surface area contributed by atoms with Crippen molar-refractivity contribution < 1.29 is 4.79 Å². The zero-order valence-corrected chi connectivity index (χ0v) is 13.3. The van der Waals surface area contributed by atoms with E-state index in [9.17, 15) is 4.79 Å². The zero-order valence-electron chi connectivity index (χ0n) is 13.3. The number of hydrogen-bond donors (Lipinski definition) is 2. The fourth-order valence-corrected chi connectivity index (χ4v) is 3.13. The Kier molecular flexibility index (Phi) is 5.84. The van der Waals surface area contributed by atoms with Crippen molar-refractivity contribution in [1.29, 1.82) is 0 Å². The van der Waals surface area contributed by atoms with Crippen LogP contribution < -0.4 is 11.1 Å². The summed E-state index contributed by atoms with van der Waals surface area (Å²) in [6.07, 6.45) is 5.76. The first kappa shape index (κ1) is 16.5. The van der Waals surface area contributed by atoms with E-state index in [0.29, 0.717) is 12.0 Å². The van der Waals surface area contributed by atoms with Crippen LogP contribution in [0.4, 0.5) is 0 Å². The predicted molar refractivity (Wildman–Crippen MR) is 80.8 cm³/mol. The Morgan fingerprint density at radius 3 is 2.42 bits per heavy atom. The van der Waals surface area contributed by atoms with E-state index in [4.69, 9.17) is 5.73 Å². The molecule has 0 bridgehead atoms. The van der Waals surface area contributed by atoms with Crippen molar-refractivity contribution in [3.8, 4) is 0 Å². The molecule has 0 aromatic heterocycles. The van der Waals surface area contributed by atoms with E-state index in [-0.39, 0.29) is 23.3 Å². The van der Waals surface area contributed by atoms with Crippen LogP contribution in [0.15, 0.2) is 0 Å². The Balaban J connectivity index is 2.65. The Hall–Kier alpha value is -0.570. The van der Waals surface area contributed by atoms with Crippen molar-refractivity contribution in [3.05, 3.63) is 0 Å². The molecule has 1 fully saturated rings. The molecule has 0 radical (unpaired) electrons. The molecule has 2 unspecified atom stereocenters. The second-order valence-electron chi connectivity index (χ2n) is 7.28. The van der Waals surface area contributed by atoms with Crippen molar-refractivity contribution in [2.75, 3.05) is 0 Å². The standard InChI is InChI=1S/C16H32N2O/c1-6-11(2)14(17)15(19)18-13-10-8-7-9-12(13)16(3,4)5/h11-14H,6-10,17H2,1-5H3,(H,18,19)/t11-,12?,13?,14-/m0/s1. The van der Waals surface area contributed by atoms with E-state index >= 15 is 0 Å². The zero-order chi connectivity index (χ0) is 14.6. The second kappa shape index (κ2) is 6.74. The molecule has 0 aliphatic heterocycles. The molecule has 112 valence electrons. The third kappa shape index (κ3) is 4.48. The lowest BCUT2D eigenvalue weighted by molar-refractivity contribution is -0.125. The molecule has 3 heteroatoms. The van der Waals surface area contributed by atoms with Gasteiger partial charge in [-0.2, -0.15) is 0 Å². The molecule has 0 heterocycles. The number of hydrogen-bond acceptors (Lipinski definition) is 2. The van der Waals surface area contributed by atoms with Crippen molar-refractivity contribution in [2.24, 2.45) is 23.0 Å². The smallest absolute Gasteiger partial charge is 0.237 e. The molecule has 4 atom stereocenters. The minimum Gasteiger partial charge on any atom is -0.352 e. The molecule has 0 aromatic rings. The summed E-state index contributed by atoms with van der Waals surface area (Å²) in [6.45, 7) is 11.0. The summed E-state index contributed by atoms with van der Waals surface area (Å²) in [7, 11) is 0. The topological polar surface area (TPSA) is 55.1 Å². The largest absolute Gasteiger partial charge is 0.352 e. The van der Waals surface area contributed by atoms with E-state index < -0.39 is 0 Å². The molecule has 1 aliphatic carbocycles. The first-order valence-electron chi connectivity index (χ1n) is 7.83. The summed E-state index contributed by atoms with van der Waals surface area (Å²) < 4.78 is 0. The lowest BCUT2D eigenvalue weighted by Gasteiger charge is -2.41. The molecule has 19 heavy (non-hydrogen) atoms. The number of amides is 1. The maximum absolute atomic E-state index is 12.2. The highest BCUT2D eigenvalue weighted by atomic mass is 16.2. The van der Waals surface area contributed by atoms with Crippen LogP contribution in [0.3, 0.4) is 0 Å². The van der Waals surface area contributed by atoms with Crippen molar-refractivity contribution >= 4 is 5.91 Å². The number of carbonyl (C=O) groups excluding carboxylic acids is 1. The number of carbonyl (C=O) groups is 1. The molecule has 3 nitrogen and oxygen atoms in total. The third-order valence-corrected chi connectivity index (χ3v) is 4.77. The summed E-state index contributed by atoms with van der Waals surface area (Å²) in [6, 6.07) is -0.0658. The number of rotatable bonds is 4.